The number of aliphatic hydroxyl groups is 2. The molecule has 6 heteroatoms. The second kappa shape index (κ2) is 15.1. The van der Waals surface area contributed by atoms with Crippen molar-refractivity contribution < 1.29 is 19.7 Å². The van der Waals surface area contributed by atoms with Crippen molar-refractivity contribution in [1.29, 1.82) is 0 Å². The number of esters is 1. The lowest BCUT2D eigenvalue weighted by Gasteiger charge is -2.38. The second-order valence-electron chi connectivity index (χ2n) is 12.2. The van der Waals surface area contributed by atoms with Crippen molar-refractivity contribution in [3.05, 3.63) is 36.0 Å². The van der Waals surface area contributed by atoms with Gasteiger partial charge in [0.2, 0.25) is 0 Å². The molecule has 0 amide bonds. The lowest BCUT2D eigenvalue weighted by molar-refractivity contribution is -0.141. The maximum absolute atomic E-state index is 12.1. The van der Waals surface area contributed by atoms with Gasteiger partial charge in [-0.05, 0) is 80.3 Å². The van der Waals surface area contributed by atoms with Gasteiger partial charge in [0, 0.05) is 12.1 Å². The fraction of sp³-hybridized carbons (Fsp3) is 0.750. The molecule has 0 aromatic rings. The van der Waals surface area contributed by atoms with Gasteiger partial charge in [0.25, 0.3) is 0 Å². The number of aliphatic hydroxyl groups excluding tert-OH is 2. The topological polar surface area (TPSA) is 105 Å². The number of hydrogen-bond acceptors (Lipinski definition) is 6. The summed E-state index contributed by atoms with van der Waals surface area (Å²) < 4.78 is 5.38. The van der Waals surface area contributed by atoms with E-state index in [4.69, 9.17) is 15.6 Å². The van der Waals surface area contributed by atoms with Gasteiger partial charge in [-0.3, -0.25) is 4.99 Å². The summed E-state index contributed by atoms with van der Waals surface area (Å²) in [5.41, 5.74) is 7.54. The molecule has 0 saturated heterocycles. The number of hydrogen-bond donors (Lipinski definition) is 3. The van der Waals surface area contributed by atoms with E-state index in [2.05, 4.69) is 25.1 Å². The van der Waals surface area contributed by atoms with Crippen LogP contribution < -0.4 is 5.73 Å². The van der Waals surface area contributed by atoms with Crippen molar-refractivity contribution in [2.24, 2.45) is 40.3 Å². The molecule has 0 radical (unpaired) electrons. The quantitative estimate of drug-likeness (QED) is 0.106. The molecule has 4 N–H and O–H groups in total. The number of carbonyl (C=O) groups excluding carboxylic acids is 1. The zero-order valence-electron chi connectivity index (χ0n) is 23.7. The van der Waals surface area contributed by atoms with Gasteiger partial charge in [0.1, 0.15) is 5.66 Å². The van der Waals surface area contributed by atoms with Crippen molar-refractivity contribution in [2.75, 3.05) is 19.8 Å². The van der Waals surface area contributed by atoms with Gasteiger partial charge in [-0.1, -0.05) is 70.6 Å². The van der Waals surface area contributed by atoms with Crippen LogP contribution in [0.25, 0.3) is 0 Å². The third kappa shape index (κ3) is 8.62. The highest BCUT2D eigenvalue weighted by Gasteiger charge is 2.39. The number of nitrogens with two attached hydrogens (primary N) is 1. The minimum absolute atomic E-state index is 0.000759. The fourth-order valence-electron chi connectivity index (χ4n) is 6.82. The summed E-state index contributed by atoms with van der Waals surface area (Å²) >= 11 is 0. The van der Waals surface area contributed by atoms with Crippen LogP contribution in [0.4, 0.5) is 0 Å². The Labute approximate surface area is 230 Å². The molecule has 214 valence electrons. The molecular formula is C32H52N2O4. The first-order valence-electron chi connectivity index (χ1n) is 15.1. The Balaban J connectivity index is 1.51. The van der Waals surface area contributed by atoms with Crippen molar-refractivity contribution in [3.8, 4) is 0 Å². The monoisotopic (exact) mass is 528 g/mol. The predicted octanol–water partition coefficient (Wildman–Crippen LogP) is 5.88. The Morgan fingerprint density at radius 2 is 1.71 bits per heavy atom. The van der Waals surface area contributed by atoms with Crippen molar-refractivity contribution in [1.82, 2.24) is 0 Å². The summed E-state index contributed by atoms with van der Waals surface area (Å²) in [5.74, 6) is 2.18. The maximum atomic E-state index is 12.1. The van der Waals surface area contributed by atoms with Crippen molar-refractivity contribution >= 4 is 12.2 Å². The van der Waals surface area contributed by atoms with E-state index in [1.54, 1.807) is 0 Å². The van der Waals surface area contributed by atoms with Gasteiger partial charge >= 0.3 is 5.97 Å². The summed E-state index contributed by atoms with van der Waals surface area (Å²) in [5, 5.41) is 18.7. The van der Waals surface area contributed by atoms with Crippen LogP contribution in [0.5, 0.6) is 0 Å². The van der Waals surface area contributed by atoms with Gasteiger partial charge in [-0.2, -0.15) is 0 Å². The molecule has 6 nitrogen and oxygen atoms in total. The van der Waals surface area contributed by atoms with E-state index < -0.39 is 18.2 Å². The summed E-state index contributed by atoms with van der Waals surface area (Å²) in [6.45, 7) is 9.12. The molecule has 38 heavy (non-hydrogen) atoms. The summed E-state index contributed by atoms with van der Waals surface area (Å²) in [4.78, 5) is 16.7. The smallest absolute Gasteiger partial charge is 0.335 e. The highest BCUT2D eigenvalue weighted by molar-refractivity contribution is 5.88. The number of ether oxygens (including phenoxy) is 1. The van der Waals surface area contributed by atoms with Crippen LogP contribution in [0.1, 0.15) is 96.8 Å². The molecule has 1 heterocycles. The molecule has 2 unspecified atom stereocenters. The molecule has 1 aliphatic heterocycles. The van der Waals surface area contributed by atoms with Crippen LogP contribution >= 0.6 is 0 Å². The number of nitrogens with zero attached hydrogens (tertiary/aromatic N) is 1. The highest BCUT2D eigenvalue weighted by Crippen LogP contribution is 2.44. The Hall–Kier alpha value is -1.76. The first kappa shape index (κ1) is 30.8. The van der Waals surface area contributed by atoms with E-state index in [1.165, 1.54) is 89.0 Å². The fourth-order valence-corrected chi connectivity index (χ4v) is 6.82. The summed E-state index contributed by atoms with van der Waals surface area (Å²) in [7, 11) is 0. The molecule has 0 spiro atoms. The van der Waals surface area contributed by atoms with Crippen LogP contribution in [-0.4, -0.2) is 47.9 Å². The Kier molecular flexibility index (Phi) is 12.3. The highest BCUT2D eigenvalue weighted by atomic mass is 16.5. The van der Waals surface area contributed by atoms with Crippen LogP contribution in [0, 0.1) is 29.6 Å². The van der Waals surface area contributed by atoms with Gasteiger partial charge in [0.15, 0.2) is 0 Å². The first-order chi connectivity index (χ1) is 18.3. The third-order valence-electron chi connectivity index (χ3n) is 9.41. The van der Waals surface area contributed by atoms with Gasteiger partial charge in [-0.25, -0.2) is 4.79 Å². The van der Waals surface area contributed by atoms with E-state index in [0.717, 1.165) is 17.8 Å². The predicted molar refractivity (Wildman–Crippen MR) is 155 cm³/mol. The van der Waals surface area contributed by atoms with Gasteiger partial charge in [0.05, 0.1) is 25.4 Å². The van der Waals surface area contributed by atoms with E-state index in [9.17, 15) is 9.90 Å². The molecule has 2 aliphatic carbocycles. The molecule has 3 aliphatic rings. The number of allylic oxidation sites excluding steroid dienone is 1. The molecule has 3 rings (SSSR count). The lowest BCUT2D eigenvalue weighted by atomic mass is 9.68. The minimum Gasteiger partial charge on any atom is -0.462 e. The molecule has 0 aromatic carbocycles. The average Bonchev–Trinajstić information content (AvgIpc) is 3.35. The van der Waals surface area contributed by atoms with Gasteiger partial charge < -0.3 is 20.7 Å². The van der Waals surface area contributed by atoms with Crippen LogP contribution in [0.15, 0.2) is 40.9 Å². The number of rotatable bonds is 15. The van der Waals surface area contributed by atoms with Crippen LogP contribution in [0.2, 0.25) is 0 Å². The number of unbranched alkanes of at least 4 members (excludes halogenated alkanes) is 3. The normalized spacial score (nSPS) is 30.1. The zero-order valence-corrected chi connectivity index (χ0v) is 23.7. The Morgan fingerprint density at radius 1 is 1.05 bits per heavy atom. The molecule has 2 atom stereocenters. The summed E-state index contributed by atoms with van der Waals surface area (Å²) in [6, 6.07) is 0. The molecule has 2 saturated carbocycles. The van der Waals surface area contributed by atoms with Gasteiger partial charge in [-0.15, -0.1) is 0 Å². The van der Waals surface area contributed by atoms with Crippen LogP contribution in [-0.2, 0) is 9.53 Å². The van der Waals surface area contributed by atoms with Crippen molar-refractivity contribution in [2.45, 2.75) is 102 Å². The lowest BCUT2D eigenvalue weighted by Crippen LogP contribution is -2.45. The zero-order chi connectivity index (χ0) is 27.5. The number of carbonyl (C=O) groups is 1. The van der Waals surface area contributed by atoms with E-state index >= 15 is 0 Å². The molecule has 2 fully saturated rings. The number of aliphatic imine (C=N–C) groups is 1. The second-order valence-corrected chi connectivity index (χ2v) is 12.2. The molecule has 0 bridgehead atoms. The SMILES string of the molecule is C=C(CO)CC(COC(=O)C(=C)CO)C1(N)C=C(C2CCC(C3CCC(CCCCCC)CC3)CC2)C=N1. The Morgan fingerprint density at radius 3 is 2.32 bits per heavy atom. The maximum Gasteiger partial charge on any atom is 0.335 e. The summed E-state index contributed by atoms with van der Waals surface area (Å²) in [6.07, 6.45) is 21.9. The first-order valence-corrected chi connectivity index (χ1v) is 15.1. The van der Waals surface area contributed by atoms with E-state index in [0.29, 0.717) is 17.9 Å². The van der Waals surface area contributed by atoms with E-state index in [1.807, 2.05) is 12.3 Å². The average molecular weight is 529 g/mol. The van der Waals surface area contributed by atoms with Crippen LogP contribution in [0.3, 0.4) is 0 Å². The van der Waals surface area contributed by atoms with Crippen molar-refractivity contribution in [3.63, 3.8) is 0 Å². The van der Waals surface area contributed by atoms with E-state index in [-0.39, 0.29) is 24.7 Å². The Bertz CT molecular complexity index is 850. The molecule has 0 aromatic heterocycles. The minimum atomic E-state index is -1.01. The largest absolute Gasteiger partial charge is 0.462 e. The standard InChI is InChI=1S/C32H52N2O4/c1-4-5-6-7-8-25-9-11-26(12-10-25)27-13-15-28(16-14-27)29-18-32(33,34-19-29)30(17-23(2)20-35)22-38-31(37)24(3)21-36/h18-19,25-28,30,35-36H,2-17,20-22,33H2,1H3. The third-order valence-corrected chi connectivity index (χ3v) is 9.41. The molecular weight excluding hydrogens is 476 g/mol.